The molecule has 134 valence electrons. The summed E-state index contributed by atoms with van der Waals surface area (Å²) in [5.41, 5.74) is 0. The van der Waals surface area contributed by atoms with Crippen molar-refractivity contribution in [1.29, 1.82) is 0 Å². The molecule has 0 aliphatic rings. The lowest BCUT2D eigenvalue weighted by molar-refractivity contribution is -0.142. The van der Waals surface area contributed by atoms with Gasteiger partial charge in [-0.2, -0.15) is 4.31 Å². The summed E-state index contributed by atoms with van der Waals surface area (Å²) in [7, 11) is -2.60. The number of carbonyl (C=O) groups excluding carboxylic acids is 1. The molecular weight excluding hydrogens is 356 g/mol. The molecule has 0 aliphatic heterocycles. The number of hydrogen-bond acceptors (Lipinski definition) is 4. The van der Waals surface area contributed by atoms with E-state index in [1.54, 1.807) is 0 Å². The number of rotatable bonds is 9. The third-order valence-corrected chi connectivity index (χ3v) is 5.44. The lowest BCUT2D eigenvalue weighted by Gasteiger charge is -2.19. The van der Waals surface area contributed by atoms with Crippen LogP contribution in [0.1, 0.15) is 26.2 Å². The van der Waals surface area contributed by atoms with Gasteiger partial charge in [-0.1, -0.05) is 31.4 Å². The number of nitrogens with zero attached hydrogens (tertiary/aromatic N) is 1. The molecule has 1 atom stereocenters. The molecule has 0 saturated carbocycles. The third-order valence-electron chi connectivity index (χ3n) is 3.37. The Labute approximate surface area is 146 Å². The highest BCUT2D eigenvalue weighted by molar-refractivity contribution is 7.89. The smallest absolute Gasteiger partial charge is 0.326 e. The summed E-state index contributed by atoms with van der Waals surface area (Å²) in [5, 5.41) is 11.8. The van der Waals surface area contributed by atoms with Crippen molar-refractivity contribution in [3.05, 3.63) is 29.3 Å². The zero-order valence-corrected chi connectivity index (χ0v) is 15.1. The van der Waals surface area contributed by atoms with E-state index in [-0.39, 0.29) is 4.90 Å². The van der Waals surface area contributed by atoms with Crippen LogP contribution in [-0.2, 0) is 19.6 Å². The minimum absolute atomic E-state index is 0.00275. The fourth-order valence-electron chi connectivity index (χ4n) is 1.98. The van der Waals surface area contributed by atoms with Crippen LogP contribution in [0.15, 0.2) is 29.2 Å². The van der Waals surface area contributed by atoms with E-state index in [1.807, 2.05) is 6.92 Å². The Bertz CT molecular complexity index is 676. The van der Waals surface area contributed by atoms with E-state index in [0.717, 1.165) is 10.7 Å². The predicted octanol–water partition coefficient (Wildman–Crippen LogP) is 1.72. The second-order valence-corrected chi connectivity index (χ2v) is 7.80. The molecule has 0 spiro atoms. The molecule has 7 nitrogen and oxygen atoms in total. The number of amides is 1. The van der Waals surface area contributed by atoms with Crippen LogP contribution in [-0.4, -0.2) is 49.3 Å². The number of halogens is 1. The second-order valence-electron chi connectivity index (χ2n) is 5.32. The van der Waals surface area contributed by atoms with Gasteiger partial charge in [0.05, 0.1) is 11.4 Å². The summed E-state index contributed by atoms with van der Waals surface area (Å²) < 4.78 is 25.6. The Kier molecular flexibility index (Phi) is 7.65. The number of carbonyl (C=O) groups is 2. The highest BCUT2D eigenvalue weighted by Crippen LogP contribution is 2.17. The molecule has 0 aliphatic carbocycles. The number of sulfonamides is 1. The Morgan fingerprint density at radius 3 is 2.38 bits per heavy atom. The first-order valence-corrected chi connectivity index (χ1v) is 9.24. The fraction of sp³-hybridized carbons (Fsp3) is 0.467. The van der Waals surface area contributed by atoms with Crippen LogP contribution in [0.25, 0.3) is 0 Å². The summed E-state index contributed by atoms with van der Waals surface area (Å²) in [6, 6.07) is 4.53. The minimum Gasteiger partial charge on any atom is -0.480 e. The standard InChI is InChI=1S/C15H21ClN2O5S/c1-3-4-5-13(15(20)21)17-14(19)10-18(2)24(22,23)12-8-6-11(16)7-9-12/h6-9,13H,3-5,10H2,1-2H3,(H,17,19)(H,20,21). The summed E-state index contributed by atoms with van der Waals surface area (Å²) in [4.78, 5) is 23.1. The van der Waals surface area contributed by atoms with Crippen LogP contribution in [0.3, 0.4) is 0 Å². The zero-order chi connectivity index (χ0) is 18.3. The number of carboxylic acid groups (broad SMARTS) is 1. The highest BCUT2D eigenvalue weighted by Gasteiger charge is 2.25. The number of aliphatic carboxylic acids is 1. The van der Waals surface area contributed by atoms with Crippen molar-refractivity contribution >= 4 is 33.5 Å². The van der Waals surface area contributed by atoms with Crippen molar-refractivity contribution in [2.75, 3.05) is 13.6 Å². The monoisotopic (exact) mass is 376 g/mol. The quantitative estimate of drug-likeness (QED) is 0.682. The van der Waals surface area contributed by atoms with Crippen LogP contribution in [0, 0.1) is 0 Å². The van der Waals surface area contributed by atoms with E-state index in [9.17, 15) is 18.0 Å². The maximum absolute atomic E-state index is 12.4. The van der Waals surface area contributed by atoms with Crippen LogP contribution >= 0.6 is 11.6 Å². The molecule has 0 saturated heterocycles. The number of hydrogen-bond donors (Lipinski definition) is 2. The Morgan fingerprint density at radius 1 is 1.29 bits per heavy atom. The molecule has 0 bridgehead atoms. The van der Waals surface area contributed by atoms with Crippen molar-refractivity contribution < 1.29 is 23.1 Å². The van der Waals surface area contributed by atoms with Gasteiger partial charge in [-0.3, -0.25) is 4.79 Å². The Balaban J connectivity index is 2.74. The molecular formula is C15H21ClN2O5S. The third kappa shape index (κ3) is 5.77. The van der Waals surface area contributed by atoms with Crippen LogP contribution in [0.4, 0.5) is 0 Å². The second kappa shape index (κ2) is 9.00. The first kappa shape index (κ1) is 20.4. The number of benzene rings is 1. The van der Waals surface area contributed by atoms with Crippen molar-refractivity contribution in [1.82, 2.24) is 9.62 Å². The normalized spacial score (nSPS) is 12.8. The lowest BCUT2D eigenvalue weighted by atomic mass is 10.1. The molecule has 2 N–H and O–H groups in total. The zero-order valence-electron chi connectivity index (χ0n) is 13.5. The van der Waals surface area contributed by atoms with Gasteiger partial charge in [-0.05, 0) is 30.7 Å². The van der Waals surface area contributed by atoms with Crippen LogP contribution in [0.5, 0.6) is 0 Å². The average Bonchev–Trinajstić information content (AvgIpc) is 2.51. The summed E-state index contributed by atoms with van der Waals surface area (Å²) in [5.74, 6) is -1.81. The van der Waals surface area contributed by atoms with Crippen molar-refractivity contribution in [2.24, 2.45) is 0 Å². The minimum atomic E-state index is -3.86. The van der Waals surface area contributed by atoms with Gasteiger partial charge in [0.2, 0.25) is 15.9 Å². The van der Waals surface area contributed by atoms with Gasteiger partial charge >= 0.3 is 5.97 Å². The van der Waals surface area contributed by atoms with Gasteiger partial charge in [0.25, 0.3) is 0 Å². The first-order chi connectivity index (χ1) is 11.2. The van der Waals surface area contributed by atoms with E-state index in [4.69, 9.17) is 16.7 Å². The highest BCUT2D eigenvalue weighted by atomic mass is 35.5. The maximum Gasteiger partial charge on any atom is 0.326 e. The van der Waals surface area contributed by atoms with E-state index in [0.29, 0.717) is 17.9 Å². The number of carboxylic acids is 1. The largest absolute Gasteiger partial charge is 0.480 e. The van der Waals surface area contributed by atoms with Crippen molar-refractivity contribution in [2.45, 2.75) is 37.1 Å². The van der Waals surface area contributed by atoms with Gasteiger partial charge in [0, 0.05) is 12.1 Å². The van der Waals surface area contributed by atoms with Gasteiger partial charge in [0.1, 0.15) is 6.04 Å². The van der Waals surface area contributed by atoms with Crippen molar-refractivity contribution in [3.8, 4) is 0 Å². The fourth-order valence-corrected chi connectivity index (χ4v) is 3.23. The average molecular weight is 377 g/mol. The van der Waals surface area contributed by atoms with Gasteiger partial charge < -0.3 is 10.4 Å². The van der Waals surface area contributed by atoms with Gasteiger partial charge in [-0.15, -0.1) is 0 Å². The molecule has 24 heavy (non-hydrogen) atoms. The molecule has 9 heteroatoms. The molecule has 1 unspecified atom stereocenters. The van der Waals surface area contributed by atoms with Crippen molar-refractivity contribution in [3.63, 3.8) is 0 Å². The first-order valence-electron chi connectivity index (χ1n) is 7.42. The van der Waals surface area contributed by atoms with E-state index < -0.39 is 34.5 Å². The van der Waals surface area contributed by atoms with E-state index in [1.165, 1.54) is 31.3 Å². The predicted molar refractivity (Wildman–Crippen MR) is 90.4 cm³/mol. The molecule has 0 radical (unpaired) electrons. The topological polar surface area (TPSA) is 104 Å². The lowest BCUT2D eigenvalue weighted by Crippen LogP contribution is -2.45. The van der Waals surface area contributed by atoms with E-state index in [2.05, 4.69) is 5.32 Å². The SMILES string of the molecule is CCCCC(NC(=O)CN(C)S(=O)(=O)c1ccc(Cl)cc1)C(=O)O. The molecule has 1 rings (SSSR count). The molecule has 0 heterocycles. The Hall–Kier alpha value is -1.64. The molecule has 0 aromatic heterocycles. The summed E-state index contributed by atoms with van der Waals surface area (Å²) in [6.45, 7) is 1.44. The van der Waals surface area contributed by atoms with Crippen LogP contribution < -0.4 is 5.32 Å². The molecule has 0 fully saturated rings. The number of nitrogens with one attached hydrogen (secondary N) is 1. The molecule has 1 aromatic rings. The molecule has 1 aromatic carbocycles. The number of unbranched alkanes of at least 4 members (excludes halogenated alkanes) is 1. The summed E-state index contributed by atoms with van der Waals surface area (Å²) in [6.07, 6.45) is 1.74. The van der Waals surface area contributed by atoms with Crippen LogP contribution in [0.2, 0.25) is 5.02 Å². The maximum atomic E-state index is 12.4. The Morgan fingerprint density at radius 2 is 1.88 bits per heavy atom. The molecule has 1 amide bonds. The number of likely N-dealkylation sites (N-methyl/N-ethyl adjacent to an activating group) is 1. The van der Waals surface area contributed by atoms with Gasteiger partial charge in [-0.25, -0.2) is 13.2 Å². The van der Waals surface area contributed by atoms with E-state index >= 15 is 0 Å². The summed E-state index contributed by atoms with van der Waals surface area (Å²) >= 11 is 5.73. The van der Waals surface area contributed by atoms with Gasteiger partial charge in [0.15, 0.2) is 0 Å².